The lowest BCUT2D eigenvalue weighted by atomic mass is 10.1. The van der Waals surface area contributed by atoms with Crippen LogP contribution in [-0.2, 0) is 6.54 Å². The van der Waals surface area contributed by atoms with Crippen molar-refractivity contribution in [2.24, 2.45) is 0 Å². The summed E-state index contributed by atoms with van der Waals surface area (Å²) in [4.78, 5) is 22.5. The molecule has 9 nitrogen and oxygen atoms in total. The number of hydrogen-bond acceptors (Lipinski definition) is 7. The monoisotopic (exact) mass is 561 g/mol. The first kappa shape index (κ1) is 25.4. The fraction of sp³-hybridized carbons (Fsp3) is 0.214. The van der Waals surface area contributed by atoms with Gasteiger partial charge in [0.1, 0.15) is 17.4 Å². The SMILES string of the molecule is O=C(NCc1cc(Cl)ccc1Cl)c1cc(Nc2ncc3cccc(OC4CCNCC4)c3n2)cc2[nH]ncc12. The van der Waals surface area contributed by atoms with E-state index in [4.69, 9.17) is 32.9 Å². The Hall–Kier alpha value is -3.92. The second-order valence-electron chi connectivity index (χ2n) is 9.35. The van der Waals surface area contributed by atoms with Gasteiger partial charge in [0.2, 0.25) is 5.95 Å². The van der Waals surface area contributed by atoms with Crippen molar-refractivity contribution >= 4 is 62.6 Å². The van der Waals surface area contributed by atoms with Crippen LogP contribution in [0.4, 0.5) is 11.6 Å². The van der Waals surface area contributed by atoms with E-state index in [1.165, 1.54) is 0 Å². The molecule has 1 amide bonds. The number of para-hydroxylation sites is 1. The van der Waals surface area contributed by atoms with Crippen molar-refractivity contribution in [2.45, 2.75) is 25.5 Å². The summed E-state index contributed by atoms with van der Waals surface area (Å²) in [5.41, 5.74) is 3.22. The molecule has 0 spiro atoms. The number of carbonyl (C=O) groups excluding carboxylic acids is 1. The Labute approximate surface area is 234 Å². The highest BCUT2D eigenvalue weighted by atomic mass is 35.5. The quantitative estimate of drug-likeness (QED) is 0.204. The number of hydrogen-bond donors (Lipinski definition) is 4. The fourth-order valence-electron chi connectivity index (χ4n) is 4.67. The molecule has 2 aromatic heterocycles. The first-order chi connectivity index (χ1) is 19.0. The molecule has 4 N–H and O–H groups in total. The minimum absolute atomic E-state index is 0.147. The molecule has 3 aromatic carbocycles. The lowest BCUT2D eigenvalue weighted by Gasteiger charge is -2.24. The van der Waals surface area contributed by atoms with Gasteiger partial charge in [0, 0.05) is 39.2 Å². The number of anilines is 2. The van der Waals surface area contributed by atoms with Crippen LogP contribution in [0.1, 0.15) is 28.8 Å². The number of H-pyrrole nitrogens is 1. The number of rotatable bonds is 7. The van der Waals surface area contributed by atoms with Gasteiger partial charge in [-0.25, -0.2) is 9.97 Å². The van der Waals surface area contributed by atoms with E-state index < -0.39 is 0 Å². The van der Waals surface area contributed by atoms with Crippen LogP contribution in [0.2, 0.25) is 10.0 Å². The van der Waals surface area contributed by atoms with Gasteiger partial charge in [-0.15, -0.1) is 0 Å². The highest BCUT2D eigenvalue weighted by molar-refractivity contribution is 6.33. The average molecular weight is 562 g/mol. The van der Waals surface area contributed by atoms with E-state index >= 15 is 0 Å². The Morgan fingerprint density at radius 2 is 1.95 bits per heavy atom. The predicted octanol–water partition coefficient (Wildman–Crippen LogP) is 5.62. The number of fused-ring (bicyclic) bond motifs is 2. The van der Waals surface area contributed by atoms with Gasteiger partial charge >= 0.3 is 0 Å². The van der Waals surface area contributed by atoms with Crippen molar-refractivity contribution in [3.05, 3.63) is 82.1 Å². The molecule has 0 atom stereocenters. The minimum Gasteiger partial charge on any atom is -0.488 e. The summed E-state index contributed by atoms with van der Waals surface area (Å²) in [5, 5.41) is 19.2. The van der Waals surface area contributed by atoms with Crippen LogP contribution in [-0.4, -0.2) is 45.3 Å². The number of nitrogens with one attached hydrogen (secondary N) is 4. The smallest absolute Gasteiger partial charge is 0.252 e. The highest BCUT2D eigenvalue weighted by Crippen LogP contribution is 2.29. The molecule has 198 valence electrons. The van der Waals surface area contributed by atoms with Gasteiger partial charge in [0.25, 0.3) is 5.91 Å². The topological polar surface area (TPSA) is 117 Å². The Morgan fingerprint density at radius 1 is 1.08 bits per heavy atom. The van der Waals surface area contributed by atoms with Gasteiger partial charge in [-0.2, -0.15) is 5.10 Å². The predicted molar refractivity (Wildman–Crippen MR) is 153 cm³/mol. The van der Waals surface area contributed by atoms with Crippen molar-refractivity contribution in [1.29, 1.82) is 0 Å². The molecule has 0 bridgehead atoms. The number of benzene rings is 3. The van der Waals surface area contributed by atoms with Crippen molar-refractivity contribution in [3.8, 4) is 5.75 Å². The van der Waals surface area contributed by atoms with Crippen LogP contribution in [0.3, 0.4) is 0 Å². The van der Waals surface area contributed by atoms with Gasteiger partial charge in [0.05, 0.1) is 17.3 Å². The number of amides is 1. The van der Waals surface area contributed by atoms with Gasteiger partial charge in [-0.1, -0.05) is 35.3 Å². The number of piperidine rings is 1. The number of ether oxygens (including phenoxy) is 1. The first-order valence-corrected chi connectivity index (χ1v) is 13.4. The molecule has 5 aromatic rings. The summed E-state index contributed by atoms with van der Waals surface area (Å²) in [7, 11) is 0. The number of carbonyl (C=O) groups is 1. The number of aromatic amines is 1. The van der Waals surface area contributed by atoms with Crippen LogP contribution in [0.25, 0.3) is 21.8 Å². The van der Waals surface area contributed by atoms with Crippen molar-refractivity contribution < 1.29 is 9.53 Å². The molecule has 39 heavy (non-hydrogen) atoms. The van der Waals surface area contributed by atoms with Crippen LogP contribution in [0.5, 0.6) is 5.75 Å². The van der Waals surface area contributed by atoms with Crippen molar-refractivity contribution in [1.82, 2.24) is 30.8 Å². The molecule has 0 radical (unpaired) electrons. The molecule has 1 saturated heterocycles. The summed E-state index contributed by atoms with van der Waals surface area (Å²) >= 11 is 12.4. The van der Waals surface area contributed by atoms with Crippen LogP contribution >= 0.6 is 23.2 Å². The van der Waals surface area contributed by atoms with E-state index in [9.17, 15) is 4.79 Å². The highest BCUT2D eigenvalue weighted by Gasteiger charge is 2.18. The van der Waals surface area contributed by atoms with E-state index in [0.29, 0.717) is 38.1 Å². The van der Waals surface area contributed by atoms with Gasteiger partial charge in [-0.3, -0.25) is 9.89 Å². The zero-order valence-corrected chi connectivity index (χ0v) is 22.3. The Balaban J connectivity index is 1.26. The second-order valence-corrected chi connectivity index (χ2v) is 10.2. The summed E-state index contributed by atoms with van der Waals surface area (Å²) in [5.74, 6) is 0.839. The first-order valence-electron chi connectivity index (χ1n) is 12.6. The maximum atomic E-state index is 13.2. The third-order valence-corrected chi connectivity index (χ3v) is 7.26. The van der Waals surface area contributed by atoms with E-state index in [1.807, 2.05) is 24.3 Å². The normalized spacial score (nSPS) is 14.0. The van der Waals surface area contributed by atoms with Gasteiger partial charge in [0.15, 0.2) is 0 Å². The number of halogens is 2. The molecule has 0 saturated carbocycles. The molecule has 1 fully saturated rings. The van der Waals surface area contributed by atoms with Crippen LogP contribution < -0.4 is 20.7 Å². The zero-order valence-electron chi connectivity index (χ0n) is 20.8. The maximum absolute atomic E-state index is 13.2. The molecule has 1 aliphatic rings. The minimum atomic E-state index is -0.279. The summed E-state index contributed by atoms with van der Waals surface area (Å²) in [6.45, 7) is 2.10. The molecule has 11 heteroatoms. The molecule has 0 unspecified atom stereocenters. The molecular weight excluding hydrogens is 537 g/mol. The molecule has 6 rings (SSSR count). The zero-order chi connectivity index (χ0) is 26.8. The second kappa shape index (κ2) is 11.1. The third-order valence-electron chi connectivity index (χ3n) is 6.66. The molecule has 3 heterocycles. The summed E-state index contributed by atoms with van der Waals surface area (Å²) in [6.07, 6.45) is 5.43. The number of aromatic nitrogens is 4. The average Bonchev–Trinajstić information content (AvgIpc) is 3.42. The van der Waals surface area contributed by atoms with E-state index in [2.05, 4.69) is 31.1 Å². The van der Waals surface area contributed by atoms with E-state index in [0.717, 1.165) is 48.1 Å². The lowest BCUT2D eigenvalue weighted by Crippen LogP contribution is -2.34. The maximum Gasteiger partial charge on any atom is 0.252 e. The van der Waals surface area contributed by atoms with E-state index in [1.54, 1.807) is 36.7 Å². The van der Waals surface area contributed by atoms with Gasteiger partial charge in [-0.05, 0) is 67.9 Å². The largest absolute Gasteiger partial charge is 0.488 e. The van der Waals surface area contributed by atoms with Crippen molar-refractivity contribution in [3.63, 3.8) is 0 Å². The molecular formula is C28H25Cl2N7O2. The Kier molecular flexibility index (Phi) is 7.19. The third kappa shape index (κ3) is 5.61. The summed E-state index contributed by atoms with van der Waals surface area (Å²) in [6, 6.07) is 14.6. The lowest BCUT2D eigenvalue weighted by molar-refractivity contribution is 0.0952. The summed E-state index contributed by atoms with van der Waals surface area (Å²) < 4.78 is 6.31. The Morgan fingerprint density at radius 3 is 2.82 bits per heavy atom. The van der Waals surface area contributed by atoms with Crippen LogP contribution in [0, 0.1) is 0 Å². The van der Waals surface area contributed by atoms with E-state index in [-0.39, 0.29) is 18.6 Å². The number of nitrogens with zero attached hydrogens (tertiary/aromatic N) is 3. The standard InChI is InChI=1S/C28H25Cl2N7O2/c29-18-4-5-23(30)17(10-18)14-32-27(38)21-11-19(12-24-22(21)15-34-37-24)35-28-33-13-16-2-1-3-25(26(16)36-28)39-20-6-8-31-9-7-20/h1-5,10-13,15,20,31H,6-9,14H2,(H,32,38)(H,34,37)(H,33,35,36). The van der Waals surface area contributed by atoms with Crippen molar-refractivity contribution in [2.75, 3.05) is 18.4 Å². The molecule has 0 aliphatic carbocycles. The molecule has 1 aliphatic heterocycles. The fourth-order valence-corrected chi connectivity index (χ4v) is 5.05. The van der Waals surface area contributed by atoms with Gasteiger partial charge < -0.3 is 20.7 Å². The Bertz CT molecular complexity index is 1670. The van der Waals surface area contributed by atoms with Crippen LogP contribution in [0.15, 0.2) is 60.9 Å².